The molecule has 1 saturated heterocycles. The molecule has 1 amide bonds. The van der Waals surface area contributed by atoms with Gasteiger partial charge in [0.1, 0.15) is 0 Å². The van der Waals surface area contributed by atoms with E-state index >= 15 is 0 Å². The van der Waals surface area contributed by atoms with Gasteiger partial charge >= 0.3 is 5.97 Å². The Kier molecular flexibility index (Phi) is 5.85. The van der Waals surface area contributed by atoms with Gasteiger partial charge in [0.05, 0.1) is 0 Å². The normalized spacial score (nSPS) is 18.1. The average Bonchev–Trinajstić information content (AvgIpc) is 2.38. The highest BCUT2D eigenvalue weighted by Gasteiger charge is 2.13. The lowest BCUT2D eigenvalue weighted by Gasteiger charge is -2.26. The number of carboxylic acid groups (broad SMARTS) is 1. The molecule has 2 N–H and O–H groups in total. The average molecular weight is 254 g/mol. The highest BCUT2D eigenvalue weighted by Crippen LogP contribution is 2.07. The Balaban J connectivity index is 2.32. The van der Waals surface area contributed by atoms with Gasteiger partial charge in [-0.25, -0.2) is 4.79 Å². The number of hydrogen-bond acceptors (Lipinski definition) is 3. The number of nitrogens with one attached hydrogen (secondary N) is 1. The quantitative estimate of drug-likeness (QED) is 0.718. The highest BCUT2D eigenvalue weighted by atomic mass is 16.4. The lowest BCUT2D eigenvalue weighted by molar-refractivity contribution is -0.133. The van der Waals surface area contributed by atoms with E-state index in [0.717, 1.165) is 19.6 Å². The first-order valence-electron chi connectivity index (χ1n) is 6.43. The maximum Gasteiger partial charge on any atom is 0.331 e. The van der Waals surface area contributed by atoms with Crippen LogP contribution < -0.4 is 5.32 Å². The third kappa shape index (κ3) is 4.49. The van der Waals surface area contributed by atoms with Gasteiger partial charge in [0.15, 0.2) is 0 Å². The first-order valence-corrected chi connectivity index (χ1v) is 6.43. The summed E-state index contributed by atoms with van der Waals surface area (Å²) < 4.78 is 0. The van der Waals surface area contributed by atoms with Gasteiger partial charge in [-0.05, 0) is 39.8 Å². The predicted octanol–water partition coefficient (Wildman–Crippen LogP) is 1.01. The standard InChI is InChI=1S/C13H22N2O3/c1-10(11(2)13(17)18)12(16)14-6-9-15-7-4-3-5-8-15/h3-9H2,1-2H3,(H,14,16)(H,17,18). The minimum atomic E-state index is -1.04. The van der Waals surface area contributed by atoms with Crippen molar-refractivity contribution < 1.29 is 14.7 Å². The van der Waals surface area contributed by atoms with E-state index in [-0.39, 0.29) is 17.1 Å². The van der Waals surface area contributed by atoms with Crippen LogP contribution in [0.1, 0.15) is 33.1 Å². The van der Waals surface area contributed by atoms with E-state index in [1.807, 2.05) is 0 Å². The van der Waals surface area contributed by atoms with Gasteiger partial charge in [-0.3, -0.25) is 4.79 Å². The maximum atomic E-state index is 11.7. The number of likely N-dealkylation sites (tertiary alicyclic amines) is 1. The van der Waals surface area contributed by atoms with Crippen molar-refractivity contribution in [3.05, 3.63) is 11.1 Å². The van der Waals surface area contributed by atoms with E-state index in [4.69, 9.17) is 5.11 Å². The smallest absolute Gasteiger partial charge is 0.331 e. The van der Waals surface area contributed by atoms with E-state index in [2.05, 4.69) is 10.2 Å². The predicted molar refractivity (Wildman–Crippen MR) is 69.3 cm³/mol. The molecule has 0 bridgehead atoms. The zero-order valence-corrected chi connectivity index (χ0v) is 11.2. The number of hydrogen-bond donors (Lipinski definition) is 2. The molecule has 0 aromatic heterocycles. The summed E-state index contributed by atoms with van der Waals surface area (Å²) in [6, 6.07) is 0. The monoisotopic (exact) mass is 254 g/mol. The second-order valence-corrected chi connectivity index (χ2v) is 4.71. The van der Waals surface area contributed by atoms with Crippen molar-refractivity contribution in [2.24, 2.45) is 0 Å². The zero-order chi connectivity index (χ0) is 13.5. The molecule has 0 radical (unpaired) electrons. The number of aliphatic carboxylic acids is 1. The van der Waals surface area contributed by atoms with E-state index in [1.54, 1.807) is 6.92 Å². The Morgan fingerprint density at radius 3 is 2.28 bits per heavy atom. The fourth-order valence-electron chi connectivity index (χ4n) is 1.97. The minimum Gasteiger partial charge on any atom is -0.478 e. The van der Waals surface area contributed by atoms with Gasteiger partial charge in [0.25, 0.3) is 0 Å². The van der Waals surface area contributed by atoms with Crippen LogP contribution in [0.4, 0.5) is 0 Å². The summed E-state index contributed by atoms with van der Waals surface area (Å²) in [4.78, 5) is 24.7. The summed E-state index contributed by atoms with van der Waals surface area (Å²) in [5.74, 6) is -1.33. The Labute approximate surface area is 108 Å². The van der Waals surface area contributed by atoms with E-state index in [9.17, 15) is 9.59 Å². The van der Waals surface area contributed by atoms with Crippen molar-refractivity contribution in [3.63, 3.8) is 0 Å². The van der Waals surface area contributed by atoms with Crippen molar-refractivity contribution in [2.45, 2.75) is 33.1 Å². The van der Waals surface area contributed by atoms with Gasteiger partial charge in [0, 0.05) is 24.2 Å². The second kappa shape index (κ2) is 7.16. The first-order chi connectivity index (χ1) is 8.52. The Bertz CT molecular complexity index is 344. The fourth-order valence-corrected chi connectivity index (χ4v) is 1.97. The Hall–Kier alpha value is -1.36. The zero-order valence-electron chi connectivity index (χ0n) is 11.2. The molecule has 1 aliphatic heterocycles. The van der Waals surface area contributed by atoms with Crippen LogP contribution in [0.3, 0.4) is 0 Å². The van der Waals surface area contributed by atoms with Crippen LogP contribution >= 0.6 is 0 Å². The van der Waals surface area contributed by atoms with E-state index in [1.165, 1.54) is 26.2 Å². The molecule has 18 heavy (non-hydrogen) atoms. The molecule has 0 unspecified atom stereocenters. The van der Waals surface area contributed by atoms with Crippen LogP contribution in [0, 0.1) is 0 Å². The molecule has 0 aliphatic carbocycles. The van der Waals surface area contributed by atoms with Crippen molar-refractivity contribution in [1.82, 2.24) is 10.2 Å². The molecule has 0 spiro atoms. The Morgan fingerprint density at radius 2 is 1.72 bits per heavy atom. The largest absolute Gasteiger partial charge is 0.478 e. The summed E-state index contributed by atoms with van der Waals surface area (Å²) in [5, 5.41) is 11.5. The molecule has 1 aliphatic rings. The number of rotatable bonds is 5. The van der Waals surface area contributed by atoms with Crippen molar-refractivity contribution in [2.75, 3.05) is 26.2 Å². The molecule has 1 heterocycles. The molecule has 5 heteroatoms. The number of carbonyl (C=O) groups excluding carboxylic acids is 1. The highest BCUT2D eigenvalue weighted by molar-refractivity contribution is 6.01. The number of carbonyl (C=O) groups is 2. The van der Waals surface area contributed by atoms with Gasteiger partial charge in [0.2, 0.25) is 5.91 Å². The molecule has 0 atom stereocenters. The minimum absolute atomic E-state index is 0.102. The van der Waals surface area contributed by atoms with Crippen molar-refractivity contribution in [1.29, 1.82) is 0 Å². The lowest BCUT2D eigenvalue weighted by atomic mass is 10.1. The van der Waals surface area contributed by atoms with Crippen molar-refractivity contribution in [3.8, 4) is 0 Å². The Morgan fingerprint density at radius 1 is 1.11 bits per heavy atom. The second-order valence-electron chi connectivity index (χ2n) is 4.71. The molecular weight excluding hydrogens is 232 g/mol. The molecule has 1 rings (SSSR count). The van der Waals surface area contributed by atoms with Crippen LogP contribution in [-0.2, 0) is 9.59 Å². The summed E-state index contributed by atoms with van der Waals surface area (Å²) in [6.07, 6.45) is 3.75. The molecule has 0 saturated carbocycles. The number of amides is 1. The van der Waals surface area contributed by atoms with Gasteiger partial charge in [-0.1, -0.05) is 6.42 Å². The molecule has 0 aromatic rings. The summed E-state index contributed by atoms with van der Waals surface area (Å²) in [7, 11) is 0. The summed E-state index contributed by atoms with van der Waals surface area (Å²) in [5.41, 5.74) is 0.381. The van der Waals surface area contributed by atoms with E-state index in [0.29, 0.717) is 6.54 Å². The van der Waals surface area contributed by atoms with E-state index < -0.39 is 5.97 Å². The van der Waals surface area contributed by atoms with Crippen LogP contribution in [0.2, 0.25) is 0 Å². The van der Waals surface area contributed by atoms with Crippen molar-refractivity contribution >= 4 is 11.9 Å². The van der Waals surface area contributed by atoms with Crippen LogP contribution in [0.5, 0.6) is 0 Å². The molecule has 1 fully saturated rings. The summed E-state index contributed by atoms with van der Waals surface area (Å²) >= 11 is 0. The van der Waals surface area contributed by atoms with Crippen LogP contribution in [0.25, 0.3) is 0 Å². The number of nitrogens with zero attached hydrogens (tertiary/aromatic N) is 1. The molecule has 0 aromatic carbocycles. The van der Waals surface area contributed by atoms with Gasteiger partial charge in [-0.15, -0.1) is 0 Å². The number of carboxylic acids is 1. The number of piperidine rings is 1. The fraction of sp³-hybridized carbons (Fsp3) is 0.692. The third-order valence-corrected chi connectivity index (χ3v) is 3.39. The third-order valence-electron chi connectivity index (χ3n) is 3.39. The van der Waals surface area contributed by atoms with Crippen LogP contribution in [0.15, 0.2) is 11.1 Å². The SMILES string of the molecule is CC(C(=O)O)=C(C)C(=O)NCCN1CCCCC1. The molecule has 5 nitrogen and oxygen atoms in total. The topological polar surface area (TPSA) is 69.6 Å². The van der Waals surface area contributed by atoms with Gasteiger partial charge < -0.3 is 15.3 Å². The lowest BCUT2D eigenvalue weighted by Crippen LogP contribution is -2.38. The molecule has 102 valence electrons. The maximum absolute atomic E-state index is 11.7. The molecular formula is C13H22N2O3. The first kappa shape index (κ1) is 14.7. The van der Waals surface area contributed by atoms with Gasteiger partial charge in [-0.2, -0.15) is 0 Å². The van der Waals surface area contributed by atoms with Crippen LogP contribution in [-0.4, -0.2) is 48.1 Å². The summed E-state index contributed by atoms with van der Waals surface area (Å²) in [6.45, 7) is 6.59.